The summed E-state index contributed by atoms with van der Waals surface area (Å²) in [4.78, 5) is 4.20. The van der Waals surface area contributed by atoms with Gasteiger partial charge in [-0.3, -0.25) is 0 Å². The Balaban J connectivity index is 2.24. The number of fused-ring (bicyclic) bond motifs is 1. The number of anilines is 1. The fourth-order valence-electron chi connectivity index (χ4n) is 2.84. The lowest BCUT2D eigenvalue weighted by Gasteiger charge is -2.12. The molecule has 0 fully saturated rings. The van der Waals surface area contributed by atoms with Crippen LogP contribution in [0.3, 0.4) is 0 Å². The molecule has 0 bridgehead atoms. The van der Waals surface area contributed by atoms with E-state index in [4.69, 9.17) is 5.73 Å². The molecule has 0 aliphatic heterocycles. The van der Waals surface area contributed by atoms with Crippen LogP contribution < -0.4 is 5.73 Å². The molecule has 2 N–H and O–H groups in total. The Morgan fingerprint density at radius 3 is 2.40 bits per heavy atom. The summed E-state index contributed by atoms with van der Waals surface area (Å²) < 4.78 is 26.5. The van der Waals surface area contributed by atoms with E-state index in [0.717, 1.165) is 20.7 Å². The van der Waals surface area contributed by atoms with E-state index in [1.54, 1.807) is 19.9 Å². The topological polar surface area (TPSA) is 78.0 Å². The molecule has 0 amide bonds. The monoisotopic (exact) mass is 355 g/mol. The smallest absolute Gasteiger partial charge is 0.244 e. The van der Waals surface area contributed by atoms with Gasteiger partial charge in [0, 0.05) is 0 Å². The maximum Gasteiger partial charge on any atom is 0.244 e. The molecule has 3 aromatic rings. The first-order chi connectivity index (χ1) is 11.9. The molecule has 3 rings (SSSR count). The highest BCUT2D eigenvalue weighted by Gasteiger charge is 2.24. The fourth-order valence-corrected chi connectivity index (χ4v) is 3.98. The summed E-state index contributed by atoms with van der Waals surface area (Å²) in [6.07, 6.45) is 2.01. The van der Waals surface area contributed by atoms with E-state index in [1.807, 2.05) is 55.5 Å². The molecule has 0 spiro atoms. The second kappa shape index (κ2) is 6.37. The zero-order valence-electron chi connectivity index (χ0n) is 14.5. The third kappa shape index (κ3) is 2.93. The van der Waals surface area contributed by atoms with E-state index in [1.165, 1.54) is 0 Å². The Morgan fingerprint density at radius 2 is 1.80 bits per heavy atom. The average molecular weight is 355 g/mol. The highest BCUT2D eigenvalue weighted by molar-refractivity contribution is 7.90. The lowest BCUT2D eigenvalue weighted by atomic mass is 9.97. The van der Waals surface area contributed by atoms with Crippen LogP contribution in [0.5, 0.6) is 0 Å². The molecule has 1 heterocycles. The molecule has 130 valence electrons. The highest BCUT2D eigenvalue weighted by atomic mass is 32.2. The highest BCUT2D eigenvalue weighted by Crippen LogP contribution is 2.29. The maximum absolute atomic E-state index is 12.7. The Kier molecular flexibility index (Phi) is 4.39. The van der Waals surface area contributed by atoms with E-state index in [-0.39, 0.29) is 5.95 Å². The van der Waals surface area contributed by atoms with Crippen molar-refractivity contribution in [2.45, 2.75) is 26.0 Å². The molecule has 0 saturated heterocycles. The molecule has 6 heteroatoms. The maximum atomic E-state index is 12.7. The summed E-state index contributed by atoms with van der Waals surface area (Å²) in [6, 6.07) is 15.5. The lowest BCUT2D eigenvalue weighted by Crippen LogP contribution is -2.23. The molecule has 0 atom stereocenters. The van der Waals surface area contributed by atoms with Gasteiger partial charge in [0.15, 0.2) is 0 Å². The standard InChI is InChI=1S/C19H21N3O2S/c1-4-16(14-8-6-5-7-9-14)15-10-11-17-18(12-15)22(19(20)21-17)25(23,24)13(2)3/h4-13H,1-3H3,(H2,20,21). The Bertz CT molecular complexity index is 1050. The summed E-state index contributed by atoms with van der Waals surface area (Å²) in [5.74, 6) is -0.0115. The number of imidazole rings is 1. The minimum Gasteiger partial charge on any atom is -0.368 e. The van der Waals surface area contributed by atoms with E-state index < -0.39 is 15.3 Å². The van der Waals surface area contributed by atoms with Gasteiger partial charge in [-0.1, -0.05) is 42.5 Å². The van der Waals surface area contributed by atoms with Crippen LogP contribution in [0, 0.1) is 0 Å². The van der Waals surface area contributed by atoms with Crippen molar-refractivity contribution in [1.82, 2.24) is 8.96 Å². The Labute approximate surface area is 147 Å². The summed E-state index contributed by atoms with van der Waals surface area (Å²) in [5, 5.41) is -0.592. The van der Waals surface area contributed by atoms with Crippen molar-refractivity contribution in [3.63, 3.8) is 0 Å². The van der Waals surface area contributed by atoms with Crippen LogP contribution in [0.4, 0.5) is 5.95 Å². The van der Waals surface area contributed by atoms with Gasteiger partial charge < -0.3 is 5.73 Å². The largest absolute Gasteiger partial charge is 0.368 e. The van der Waals surface area contributed by atoms with Crippen molar-refractivity contribution in [1.29, 1.82) is 0 Å². The third-order valence-electron chi connectivity index (χ3n) is 4.17. The Morgan fingerprint density at radius 1 is 1.12 bits per heavy atom. The molecule has 0 saturated carbocycles. The number of hydrogen-bond donors (Lipinski definition) is 1. The van der Waals surface area contributed by atoms with Crippen LogP contribution >= 0.6 is 0 Å². The minimum absolute atomic E-state index is 0.0115. The van der Waals surface area contributed by atoms with Gasteiger partial charge in [0.25, 0.3) is 0 Å². The van der Waals surface area contributed by atoms with E-state index >= 15 is 0 Å². The van der Waals surface area contributed by atoms with Crippen LogP contribution in [0.15, 0.2) is 54.6 Å². The predicted octanol–water partition coefficient (Wildman–Crippen LogP) is 3.66. The average Bonchev–Trinajstić information content (AvgIpc) is 2.92. The van der Waals surface area contributed by atoms with Crippen molar-refractivity contribution < 1.29 is 8.42 Å². The van der Waals surface area contributed by atoms with Gasteiger partial charge in [0.05, 0.1) is 16.3 Å². The number of hydrogen-bond acceptors (Lipinski definition) is 4. The number of aromatic nitrogens is 2. The molecule has 2 aromatic carbocycles. The Hall–Kier alpha value is -2.60. The van der Waals surface area contributed by atoms with Crippen molar-refractivity contribution >= 4 is 32.6 Å². The number of nitrogen functional groups attached to an aromatic ring is 1. The normalized spacial score (nSPS) is 12.9. The molecular formula is C19H21N3O2S. The van der Waals surface area contributed by atoms with E-state index in [0.29, 0.717) is 11.0 Å². The van der Waals surface area contributed by atoms with Crippen LogP contribution in [-0.2, 0) is 10.0 Å². The molecule has 0 aliphatic rings. The van der Waals surface area contributed by atoms with Gasteiger partial charge in [-0.05, 0) is 49.6 Å². The molecule has 25 heavy (non-hydrogen) atoms. The molecule has 1 aromatic heterocycles. The van der Waals surface area contributed by atoms with Crippen molar-refractivity contribution in [3.05, 3.63) is 65.7 Å². The SMILES string of the molecule is CC=C(c1ccccc1)c1ccc2nc(N)n(S(=O)(=O)C(C)C)c2c1. The summed E-state index contributed by atoms with van der Waals surface area (Å²) in [7, 11) is -3.59. The number of benzene rings is 2. The van der Waals surface area contributed by atoms with E-state index in [9.17, 15) is 8.42 Å². The molecule has 0 aliphatic carbocycles. The van der Waals surface area contributed by atoms with Crippen molar-refractivity contribution in [2.24, 2.45) is 0 Å². The van der Waals surface area contributed by atoms with Crippen molar-refractivity contribution in [2.75, 3.05) is 5.73 Å². The first-order valence-corrected chi connectivity index (χ1v) is 9.61. The van der Waals surface area contributed by atoms with Crippen LogP contribution in [0.1, 0.15) is 31.9 Å². The number of nitrogens with zero attached hydrogens (tertiary/aromatic N) is 2. The van der Waals surface area contributed by atoms with Gasteiger partial charge in [-0.2, -0.15) is 0 Å². The van der Waals surface area contributed by atoms with Gasteiger partial charge in [0.2, 0.25) is 16.0 Å². The lowest BCUT2D eigenvalue weighted by molar-refractivity contribution is 0.580. The zero-order chi connectivity index (χ0) is 18.2. The fraction of sp³-hybridized carbons (Fsp3) is 0.211. The quantitative estimate of drug-likeness (QED) is 0.775. The second-order valence-electron chi connectivity index (χ2n) is 6.10. The first-order valence-electron chi connectivity index (χ1n) is 8.10. The zero-order valence-corrected chi connectivity index (χ0v) is 15.3. The van der Waals surface area contributed by atoms with Gasteiger partial charge in [0.1, 0.15) is 0 Å². The third-order valence-corrected chi connectivity index (χ3v) is 6.26. The second-order valence-corrected chi connectivity index (χ2v) is 8.44. The molecule has 0 radical (unpaired) electrons. The summed E-state index contributed by atoms with van der Waals surface area (Å²) in [6.45, 7) is 5.22. The summed E-state index contributed by atoms with van der Waals surface area (Å²) in [5.41, 5.74) is 9.97. The van der Waals surface area contributed by atoms with Crippen LogP contribution in [0.25, 0.3) is 16.6 Å². The number of allylic oxidation sites excluding steroid dienone is 1. The molecule has 0 unspecified atom stereocenters. The van der Waals surface area contributed by atoms with Crippen LogP contribution in [-0.4, -0.2) is 22.6 Å². The predicted molar refractivity (Wildman–Crippen MR) is 103 cm³/mol. The van der Waals surface area contributed by atoms with Gasteiger partial charge in [-0.15, -0.1) is 0 Å². The number of rotatable bonds is 4. The molecule has 5 nitrogen and oxygen atoms in total. The van der Waals surface area contributed by atoms with Crippen molar-refractivity contribution in [3.8, 4) is 0 Å². The number of nitrogens with two attached hydrogens (primary N) is 1. The summed E-state index contributed by atoms with van der Waals surface area (Å²) >= 11 is 0. The van der Waals surface area contributed by atoms with Gasteiger partial charge >= 0.3 is 0 Å². The first kappa shape index (κ1) is 17.2. The van der Waals surface area contributed by atoms with Crippen LogP contribution in [0.2, 0.25) is 0 Å². The molecular weight excluding hydrogens is 334 g/mol. The van der Waals surface area contributed by atoms with Gasteiger partial charge in [-0.25, -0.2) is 17.4 Å². The minimum atomic E-state index is -3.59. The van der Waals surface area contributed by atoms with E-state index in [2.05, 4.69) is 4.98 Å².